The van der Waals surface area contributed by atoms with Crippen LogP contribution in [0.15, 0.2) is 42.5 Å². The van der Waals surface area contributed by atoms with Crippen LogP contribution in [-0.4, -0.2) is 42.7 Å². The highest BCUT2D eigenvalue weighted by molar-refractivity contribution is 6.30. The minimum absolute atomic E-state index is 0.000286. The van der Waals surface area contributed by atoms with E-state index in [1.54, 1.807) is 0 Å². The van der Waals surface area contributed by atoms with Gasteiger partial charge in [-0.15, -0.1) is 0 Å². The van der Waals surface area contributed by atoms with E-state index >= 15 is 0 Å². The lowest BCUT2D eigenvalue weighted by Gasteiger charge is -2.70. The van der Waals surface area contributed by atoms with Crippen LogP contribution in [0.2, 0.25) is 5.02 Å². The molecule has 2 N–H and O–H groups in total. The number of benzene rings is 2. The van der Waals surface area contributed by atoms with Crippen molar-refractivity contribution in [1.29, 1.82) is 0 Å². The molecule has 0 atom stereocenters. The van der Waals surface area contributed by atoms with Crippen molar-refractivity contribution in [2.24, 2.45) is 0 Å². The third-order valence-corrected chi connectivity index (χ3v) is 6.26. The van der Waals surface area contributed by atoms with Gasteiger partial charge < -0.3 is 20.1 Å². The fourth-order valence-electron chi connectivity index (χ4n) is 4.65. The summed E-state index contributed by atoms with van der Waals surface area (Å²) in [4.78, 5) is 24.4. The molecule has 0 unspecified atom stereocenters. The second kappa shape index (κ2) is 9.08. The van der Waals surface area contributed by atoms with E-state index in [4.69, 9.17) is 21.1 Å². The Morgan fingerprint density at radius 2 is 1.72 bits per heavy atom. The maximum absolute atomic E-state index is 13.4. The fourth-order valence-corrected chi connectivity index (χ4v) is 4.77. The molecule has 3 aliphatic rings. The predicted octanol–water partition coefficient (Wildman–Crippen LogP) is 3.33. The van der Waals surface area contributed by atoms with Crippen LogP contribution in [0, 0.1) is 12.7 Å². The van der Waals surface area contributed by atoms with E-state index in [0.29, 0.717) is 25.9 Å². The number of amides is 2. The van der Waals surface area contributed by atoms with Crippen molar-refractivity contribution in [3.63, 3.8) is 0 Å². The van der Waals surface area contributed by atoms with Crippen LogP contribution in [0.4, 0.5) is 4.39 Å². The highest BCUT2D eigenvalue weighted by Crippen LogP contribution is 2.60. The number of carbonyl (C=O) groups excluding carboxylic acids is 2. The third-order valence-electron chi connectivity index (χ3n) is 5.95. The van der Waals surface area contributed by atoms with Crippen molar-refractivity contribution in [1.82, 2.24) is 10.6 Å². The normalized spacial score (nSPS) is 23.0. The van der Waals surface area contributed by atoms with Gasteiger partial charge in [0.2, 0.25) is 5.91 Å². The molecule has 170 valence electrons. The summed E-state index contributed by atoms with van der Waals surface area (Å²) in [5.41, 5.74) is 1.86. The highest BCUT2D eigenvalue weighted by Gasteiger charge is 2.69. The number of rotatable bonds is 10. The van der Waals surface area contributed by atoms with Gasteiger partial charge in [0, 0.05) is 17.1 Å². The molecular weight excluding hydrogens is 435 g/mol. The molecule has 2 aromatic carbocycles. The maximum Gasteiger partial charge on any atom is 0.258 e. The quantitative estimate of drug-likeness (QED) is 0.533. The molecule has 3 saturated carbocycles. The average Bonchev–Trinajstić information content (AvgIpc) is 2.70. The van der Waals surface area contributed by atoms with E-state index in [1.165, 1.54) is 23.3 Å². The summed E-state index contributed by atoms with van der Waals surface area (Å²) in [6.07, 6.45) is 2.84. The number of aryl methyl sites for hydroxylation is 1. The van der Waals surface area contributed by atoms with E-state index < -0.39 is 5.82 Å². The van der Waals surface area contributed by atoms with Crippen LogP contribution in [0.1, 0.15) is 30.4 Å². The summed E-state index contributed by atoms with van der Waals surface area (Å²) in [7, 11) is 0. The molecule has 32 heavy (non-hydrogen) atoms. The summed E-state index contributed by atoms with van der Waals surface area (Å²) < 4.78 is 24.3. The molecule has 2 amide bonds. The van der Waals surface area contributed by atoms with E-state index in [2.05, 4.69) is 16.7 Å². The number of ether oxygens (including phenoxy) is 2. The van der Waals surface area contributed by atoms with Gasteiger partial charge in [-0.05, 0) is 50.3 Å². The highest BCUT2D eigenvalue weighted by atomic mass is 35.5. The van der Waals surface area contributed by atoms with Crippen LogP contribution in [-0.2, 0) is 20.7 Å². The van der Waals surface area contributed by atoms with Crippen LogP contribution in [0.25, 0.3) is 0 Å². The first-order valence-corrected chi connectivity index (χ1v) is 11.0. The fraction of sp³-hybridized carbons (Fsp3) is 0.417. The molecule has 0 aromatic heterocycles. The van der Waals surface area contributed by atoms with Crippen LogP contribution < -0.4 is 15.4 Å². The Hall–Kier alpha value is -2.64. The zero-order chi connectivity index (χ0) is 22.8. The summed E-state index contributed by atoms with van der Waals surface area (Å²) in [6, 6.07) is 12.2. The minimum atomic E-state index is -0.596. The van der Waals surface area contributed by atoms with E-state index in [9.17, 15) is 14.0 Å². The number of hydrogen-bond acceptors (Lipinski definition) is 4. The number of halogens is 2. The largest absolute Gasteiger partial charge is 0.484 e. The van der Waals surface area contributed by atoms with Crippen molar-refractivity contribution in [2.45, 2.75) is 43.7 Å². The molecule has 5 rings (SSSR count). The van der Waals surface area contributed by atoms with Gasteiger partial charge in [0.1, 0.15) is 18.2 Å². The molecule has 0 heterocycles. The number of carbonyl (C=O) groups is 2. The van der Waals surface area contributed by atoms with Crippen molar-refractivity contribution in [3.05, 3.63) is 64.4 Å². The van der Waals surface area contributed by atoms with Gasteiger partial charge in [-0.3, -0.25) is 9.59 Å². The average molecular weight is 461 g/mol. The Morgan fingerprint density at radius 1 is 1.03 bits per heavy atom. The van der Waals surface area contributed by atoms with Crippen molar-refractivity contribution in [3.8, 4) is 5.75 Å². The molecule has 0 radical (unpaired) electrons. The van der Waals surface area contributed by atoms with Gasteiger partial charge in [0.15, 0.2) is 6.61 Å². The van der Waals surface area contributed by atoms with Gasteiger partial charge in [-0.1, -0.05) is 41.4 Å². The number of hydrogen-bond donors (Lipinski definition) is 2. The van der Waals surface area contributed by atoms with Crippen LogP contribution >= 0.6 is 11.6 Å². The Morgan fingerprint density at radius 3 is 2.38 bits per heavy atom. The molecule has 0 saturated heterocycles. The lowest BCUT2D eigenvalue weighted by atomic mass is 9.44. The van der Waals surface area contributed by atoms with Crippen molar-refractivity contribution >= 4 is 23.4 Å². The topological polar surface area (TPSA) is 76.7 Å². The lowest BCUT2D eigenvalue weighted by molar-refractivity contribution is -0.152. The molecular formula is C24H26ClFN2O4. The molecule has 0 spiro atoms. The monoisotopic (exact) mass is 460 g/mol. The summed E-state index contributed by atoms with van der Waals surface area (Å²) in [5, 5.41) is 5.99. The second-order valence-corrected chi connectivity index (χ2v) is 9.25. The molecule has 3 aliphatic carbocycles. The second-order valence-electron chi connectivity index (χ2n) is 8.84. The summed E-state index contributed by atoms with van der Waals surface area (Å²) in [5.74, 6) is -0.770. The third kappa shape index (κ3) is 5.22. The first-order valence-electron chi connectivity index (χ1n) is 10.6. The molecule has 0 aliphatic heterocycles. The van der Waals surface area contributed by atoms with Crippen LogP contribution in [0.5, 0.6) is 5.75 Å². The smallest absolute Gasteiger partial charge is 0.258 e. The zero-order valence-corrected chi connectivity index (χ0v) is 18.6. The molecule has 2 bridgehead atoms. The zero-order valence-electron chi connectivity index (χ0n) is 17.9. The summed E-state index contributed by atoms with van der Waals surface area (Å²) in [6.45, 7) is 2.35. The molecule has 6 nitrogen and oxygen atoms in total. The van der Waals surface area contributed by atoms with Crippen molar-refractivity contribution in [2.75, 3.05) is 19.8 Å². The Bertz CT molecular complexity index is 1010. The molecule has 8 heteroatoms. The van der Waals surface area contributed by atoms with Gasteiger partial charge in [0.25, 0.3) is 5.91 Å². The predicted molar refractivity (Wildman–Crippen MR) is 118 cm³/mol. The summed E-state index contributed by atoms with van der Waals surface area (Å²) >= 11 is 5.63. The first-order chi connectivity index (χ1) is 15.3. The Kier molecular flexibility index (Phi) is 6.40. The van der Waals surface area contributed by atoms with E-state index in [0.717, 1.165) is 12.5 Å². The first kappa shape index (κ1) is 22.6. The van der Waals surface area contributed by atoms with E-state index in [-0.39, 0.29) is 46.9 Å². The molecule has 2 aromatic rings. The van der Waals surface area contributed by atoms with Gasteiger partial charge in [-0.2, -0.15) is 0 Å². The van der Waals surface area contributed by atoms with E-state index in [1.807, 2.05) is 25.1 Å². The maximum atomic E-state index is 13.4. The van der Waals surface area contributed by atoms with Crippen LogP contribution in [0.3, 0.4) is 0 Å². The van der Waals surface area contributed by atoms with Gasteiger partial charge >= 0.3 is 0 Å². The van der Waals surface area contributed by atoms with Crippen molar-refractivity contribution < 1.29 is 23.5 Å². The Balaban J connectivity index is 1.11. The minimum Gasteiger partial charge on any atom is -0.484 e. The standard InChI is InChI=1S/C24H26ClFN2O4/c1-16-3-2-4-17(9-16)7-8-31-11-21(29)27-23-13-24(14-23,15-23)28-22(30)12-32-18-5-6-19(25)20(26)10-18/h2-6,9-10H,7-8,11-15H2,1H3,(H,27,29)(H,28,30). The Labute approximate surface area is 191 Å². The SMILES string of the molecule is Cc1cccc(CCOCC(=O)NC23CC(NC(=O)COc4ccc(Cl)c(F)c4)(C2)C3)c1. The van der Waals surface area contributed by atoms with Gasteiger partial charge in [0.05, 0.1) is 11.6 Å². The van der Waals surface area contributed by atoms with Gasteiger partial charge in [-0.25, -0.2) is 4.39 Å². The number of nitrogens with one attached hydrogen (secondary N) is 2. The lowest BCUT2D eigenvalue weighted by Crippen LogP contribution is -2.84. The molecule has 3 fully saturated rings.